The van der Waals surface area contributed by atoms with Crippen LogP contribution in [0.2, 0.25) is 0 Å². The SMILES string of the molecule is CC(CCOc1ccccc1)C(=O)NCCN1CCNCC1. The second kappa shape index (κ2) is 9.43. The van der Waals surface area contributed by atoms with Crippen LogP contribution in [-0.4, -0.2) is 56.7 Å². The van der Waals surface area contributed by atoms with Crippen LogP contribution in [0, 0.1) is 5.92 Å². The van der Waals surface area contributed by atoms with Crippen molar-refractivity contribution in [2.45, 2.75) is 13.3 Å². The zero-order valence-electron chi connectivity index (χ0n) is 13.4. The molecule has 2 N–H and O–H groups in total. The lowest BCUT2D eigenvalue weighted by atomic mass is 10.1. The molecule has 0 aromatic heterocycles. The van der Waals surface area contributed by atoms with Gasteiger partial charge in [-0.1, -0.05) is 25.1 Å². The number of para-hydroxylation sites is 1. The van der Waals surface area contributed by atoms with E-state index in [4.69, 9.17) is 4.74 Å². The number of carbonyl (C=O) groups is 1. The summed E-state index contributed by atoms with van der Waals surface area (Å²) in [7, 11) is 0. The molecule has 5 heteroatoms. The molecular weight excluding hydrogens is 278 g/mol. The smallest absolute Gasteiger partial charge is 0.223 e. The lowest BCUT2D eigenvalue weighted by Crippen LogP contribution is -2.46. The zero-order valence-corrected chi connectivity index (χ0v) is 13.4. The van der Waals surface area contributed by atoms with E-state index in [0.717, 1.165) is 51.4 Å². The number of carbonyl (C=O) groups excluding carboxylic acids is 1. The molecule has 1 heterocycles. The standard InChI is InChI=1S/C17H27N3O2/c1-15(7-14-22-16-5-3-2-4-6-16)17(21)19-10-13-20-11-8-18-9-12-20/h2-6,15,18H,7-14H2,1H3,(H,19,21). The zero-order chi connectivity index (χ0) is 15.6. The third-order valence-corrected chi connectivity index (χ3v) is 3.95. The number of nitrogens with zero attached hydrogens (tertiary/aromatic N) is 1. The van der Waals surface area contributed by atoms with Gasteiger partial charge in [0.1, 0.15) is 5.75 Å². The second-order valence-electron chi connectivity index (χ2n) is 5.73. The minimum atomic E-state index is -0.0215. The van der Waals surface area contributed by atoms with Crippen molar-refractivity contribution < 1.29 is 9.53 Å². The molecule has 0 saturated carbocycles. The van der Waals surface area contributed by atoms with E-state index in [2.05, 4.69) is 15.5 Å². The maximum Gasteiger partial charge on any atom is 0.223 e. The number of hydrogen-bond donors (Lipinski definition) is 2. The molecule has 22 heavy (non-hydrogen) atoms. The highest BCUT2D eigenvalue weighted by Gasteiger charge is 2.14. The number of ether oxygens (including phenoxy) is 1. The highest BCUT2D eigenvalue weighted by molar-refractivity contribution is 5.78. The first-order valence-electron chi connectivity index (χ1n) is 8.14. The first-order chi connectivity index (χ1) is 10.8. The molecule has 1 aliphatic rings. The maximum atomic E-state index is 12.0. The number of piperazine rings is 1. The van der Waals surface area contributed by atoms with E-state index in [-0.39, 0.29) is 11.8 Å². The minimum absolute atomic E-state index is 0.0215. The molecule has 1 amide bonds. The Kier molecular flexibility index (Phi) is 7.19. The van der Waals surface area contributed by atoms with Gasteiger partial charge in [-0.25, -0.2) is 0 Å². The first kappa shape index (κ1) is 16.8. The summed E-state index contributed by atoms with van der Waals surface area (Å²) in [5.41, 5.74) is 0. The Labute approximate surface area is 133 Å². The van der Waals surface area contributed by atoms with E-state index in [0.29, 0.717) is 6.61 Å². The van der Waals surface area contributed by atoms with Crippen molar-refractivity contribution in [2.75, 3.05) is 45.9 Å². The lowest BCUT2D eigenvalue weighted by Gasteiger charge is -2.27. The monoisotopic (exact) mass is 305 g/mol. The Hall–Kier alpha value is -1.59. The Bertz CT molecular complexity index is 433. The van der Waals surface area contributed by atoms with Gasteiger partial charge in [0.15, 0.2) is 0 Å². The predicted molar refractivity (Wildman–Crippen MR) is 88.0 cm³/mol. The molecule has 2 rings (SSSR count). The van der Waals surface area contributed by atoms with Crippen molar-refractivity contribution in [3.63, 3.8) is 0 Å². The normalized spacial score (nSPS) is 17.0. The fourth-order valence-electron chi connectivity index (χ4n) is 2.45. The van der Waals surface area contributed by atoms with E-state index in [1.54, 1.807) is 0 Å². The largest absolute Gasteiger partial charge is 0.494 e. The number of benzene rings is 1. The average molecular weight is 305 g/mol. The molecule has 5 nitrogen and oxygen atoms in total. The molecule has 1 unspecified atom stereocenters. The van der Waals surface area contributed by atoms with Gasteiger partial charge < -0.3 is 15.4 Å². The summed E-state index contributed by atoms with van der Waals surface area (Å²) < 4.78 is 5.63. The van der Waals surface area contributed by atoms with E-state index < -0.39 is 0 Å². The molecular formula is C17H27N3O2. The molecule has 1 fully saturated rings. The Morgan fingerprint density at radius 1 is 1.32 bits per heavy atom. The van der Waals surface area contributed by atoms with Crippen LogP contribution >= 0.6 is 0 Å². The Morgan fingerprint density at radius 2 is 2.05 bits per heavy atom. The van der Waals surface area contributed by atoms with Crippen molar-refractivity contribution in [1.82, 2.24) is 15.5 Å². The molecule has 1 aliphatic heterocycles. The maximum absolute atomic E-state index is 12.0. The van der Waals surface area contributed by atoms with Crippen LogP contribution in [0.1, 0.15) is 13.3 Å². The molecule has 1 aromatic carbocycles. The van der Waals surface area contributed by atoms with Crippen LogP contribution in [0.5, 0.6) is 5.75 Å². The molecule has 1 saturated heterocycles. The van der Waals surface area contributed by atoms with Crippen LogP contribution in [0.15, 0.2) is 30.3 Å². The van der Waals surface area contributed by atoms with E-state index >= 15 is 0 Å². The predicted octanol–water partition coefficient (Wildman–Crippen LogP) is 1.11. The van der Waals surface area contributed by atoms with Crippen LogP contribution in [0.3, 0.4) is 0 Å². The summed E-state index contributed by atoms with van der Waals surface area (Å²) in [6.45, 7) is 8.39. The molecule has 0 aliphatic carbocycles. The average Bonchev–Trinajstić information content (AvgIpc) is 2.56. The van der Waals surface area contributed by atoms with Crippen molar-refractivity contribution in [3.8, 4) is 5.75 Å². The van der Waals surface area contributed by atoms with E-state index in [1.165, 1.54) is 0 Å². The highest BCUT2D eigenvalue weighted by atomic mass is 16.5. The summed E-state index contributed by atoms with van der Waals surface area (Å²) in [4.78, 5) is 14.4. The molecule has 0 spiro atoms. The Morgan fingerprint density at radius 3 is 2.77 bits per heavy atom. The van der Waals surface area contributed by atoms with E-state index in [1.807, 2.05) is 37.3 Å². The van der Waals surface area contributed by atoms with Gasteiger partial charge in [0.2, 0.25) is 5.91 Å². The van der Waals surface area contributed by atoms with Gasteiger partial charge >= 0.3 is 0 Å². The van der Waals surface area contributed by atoms with Crippen molar-refractivity contribution in [3.05, 3.63) is 30.3 Å². The number of amides is 1. The van der Waals surface area contributed by atoms with Crippen molar-refractivity contribution in [2.24, 2.45) is 5.92 Å². The number of nitrogens with one attached hydrogen (secondary N) is 2. The highest BCUT2D eigenvalue weighted by Crippen LogP contribution is 2.10. The van der Waals surface area contributed by atoms with Crippen LogP contribution in [0.25, 0.3) is 0 Å². The molecule has 1 aromatic rings. The molecule has 122 valence electrons. The van der Waals surface area contributed by atoms with Crippen LogP contribution in [-0.2, 0) is 4.79 Å². The fraction of sp³-hybridized carbons (Fsp3) is 0.588. The van der Waals surface area contributed by atoms with E-state index in [9.17, 15) is 4.79 Å². The van der Waals surface area contributed by atoms with Crippen molar-refractivity contribution in [1.29, 1.82) is 0 Å². The second-order valence-corrected chi connectivity index (χ2v) is 5.73. The van der Waals surface area contributed by atoms with Gasteiger partial charge in [-0.15, -0.1) is 0 Å². The molecule has 1 atom stereocenters. The summed E-state index contributed by atoms with van der Waals surface area (Å²) in [6, 6.07) is 9.71. The minimum Gasteiger partial charge on any atom is -0.494 e. The summed E-state index contributed by atoms with van der Waals surface area (Å²) in [5.74, 6) is 0.951. The lowest BCUT2D eigenvalue weighted by molar-refractivity contribution is -0.124. The van der Waals surface area contributed by atoms with Gasteiger partial charge in [-0.3, -0.25) is 9.69 Å². The van der Waals surface area contributed by atoms with Crippen LogP contribution in [0.4, 0.5) is 0 Å². The third kappa shape index (κ3) is 6.03. The molecule has 0 bridgehead atoms. The number of rotatable bonds is 8. The summed E-state index contributed by atoms with van der Waals surface area (Å²) in [6.07, 6.45) is 0.731. The van der Waals surface area contributed by atoms with Gasteiger partial charge in [0, 0.05) is 45.2 Å². The Balaban J connectivity index is 1.56. The van der Waals surface area contributed by atoms with Gasteiger partial charge in [-0.05, 0) is 18.6 Å². The number of hydrogen-bond acceptors (Lipinski definition) is 4. The summed E-state index contributed by atoms with van der Waals surface area (Å²) >= 11 is 0. The first-order valence-corrected chi connectivity index (χ1v) is 8.14. The van der Waals surface area contributed by atoms with Crippen LogP contribution < -0.4 is 15.4 Å². The molecule has 0 radical (unpaired) electrons. The summed E-state index contributed by atoms with van der Waals surface area (Å²) in [5, 5.41) is 6.35. The third-order valence-electron chi connectivity index (χ3n) is 3.95. The van der Waals surface area contributed by atoms with Gasteiger partial charge in [0.25, 0.3) is 0 Å². The quantitative estimate of drug-likeness (QED) is 0.755. The van der Waals surface area contributed by atoms with Gasteiger partial charge in [0.05, 0.1) is 6.61 Å². The fourth-order valence-corrected chi connectivity index (χ4v) is 2.45. The van der Waals surface area contributed by atoms with Crippen molar-refractivity contribution >= 4 is 5.91 Å². The topological polar surface area (TPSA) is 53.6 Å². The van der Waals surface area contributed by atoms with Gasteiger partial charge in [-0.2, -0.15) is 0 Å².